The average molecular weight is 310 g/mol. The van der Waals surface area contributed by atoms with E-state index in [4.69, 9.17) is 4.42 Å². The number of anilines is 1. The number of hydrogen-bond donors (Lipinski definition) is 0. The van der Waals surface area contributed by atoms with Gasteiger partial charge < -0.3 is 14.2 Å². The zero-order valence-corrected chi connectivity index (χ0v) is 13.7. The Bertz CT molecular complexity index is 696. The molecule has 4 nitrogen and oxygen atoms in total. The lowest BCUT2D eigenvalue weighted by Crippen LogP contribution is -2.48. The maximum Gasteiger partial charge on any atom is 0.246 e. The minimum absolute atomic E-state index is 0.0435. The van der Waals surface area contributed by atoms with E-state index in [0.717, 1.165) is 26.2 Å². The van der Waals surface area contributed by atoms with Crippen LogP contribution < -0.4 is 4.90 Å². The van der Waals surface area contributed by atoms with Gasteiger partial charge in [-0.1, -0.05) is 12.1 Å². The largest absolute Gasteiger partial charge is 0.465 e. The van der Waals surface area contributed by atoms with Crippen LogP contribution in [0.15, 0.2) is 47.1 Å². The Kier molecular flexibility index (Phi) is 4.51. The molecule has 0 radical (unpaired) electrons. The molecular formula is C19H22N2O2. The third-order valence-electron chi connectivity index (χ3n) is 4.44. The maximum atomic E-state index is 12.2. The second-order valence-electron chi connectivity index (χ2n) is 5.88. The summed E-state index contributed by atoms with van der Waals surface area (Å²) in [6.45, 7) is 7.52. The molecule has 0 unspecified atom stereocenters. The Labute approximate surface area is 137 Å². The van der Waals surface area contributed by atoms with E-state index < -0.39 is 0 Å². The van der Waals surface area contributed by atoms with Crippen molar-refractivity contribution in [2.45, 2.75) is 13.8 Å². The summed E-state index contributed by atoms with van der Waals surface area (Å²) < 4.78 is 5.20. The van der Waals surface area contributed by atoms with Crippen LogP contribution in [0.5, 0.6) is 0 Å². The molecule has 4 heteroatoms. The van der Waals surface area contributed by atoms with Crippen LogP contribution in [0.1, 0.15) is 16.9 Å². The van der Waals surface area contributed by atoms with E-state index in [-0.39, 0.29) is 5.91 Å². The van der Waals surface area contributed by atoms with Crippen molar-refractivity contribution in [3.63, 3.8) is 0 Å². The van der Waals surface area contributed by atoms with Gasteiger partial charge in [-0.3, -0.25) is 4.79 Å². The zero-order valence-electron chi connectivity index (χ0n) is 13.7. The summed E-state index contributed by atoms with van der Waals surface area (Å²) >= 11 is 0. The molecule has 2 heterocycles. The second-order valence-corrected chi connectivity index (χ2v) is 5.88. The Morgan fingerprint density at radius 1 is 1.09 bits per heavy atom. The quantitative estimate of drug-likeness (QED) is 0.817. The van der Waals surface area contributed by atoms with Crippen molar-refractivity contribution < 1.29 is 9.21 Å². The number of aryl methyl sites for hydroxylation is 1. The first-order valence-electron chi connectivity index (χ1n) is 7.97. The third kappa shape index (κ3) is 3.47. The van der Waals surface area contributed by atoms with Gasteiger partial charge >= 0.3 is 0 Å². The number of hydrogen-bond acceptors (Lipinski definition) is 3. The first-order chi connectivity index (χ1) is 11.1. The predicted molar refractivity (Wildman–Crippen MR) is 92.5 cm³/mol. The zero-order chi connectivity index (χ0) is 16.2. The lowest BCUT2D eigenvalue weighted by atomic mass is 10.1. The molecule has 1 aliphatic rings. The van der Waals surface area contributed by atoms with Crippen LogP contribution in [0, 0.1) is 13.8 Å². The van der Waals surface area contributed by atoms with Gasteiger partial charge in [-0.2, -0.15) is 0 Å². The van der Waals surface area contributed by atoms with E-state index >= 15 is 0 Å². The van der Waals surface area contributed by atoms with Crippen molar-refractivity contribution in [2.24, 2.45) is 0 Å². The Morgan fingerprint density at radius 2 is 1.87 bits per heavy atom. The Balaban J connectivity index is 1.60. The number of nitrogens with zero attached hydrogens (tertiary/aromatic N) is 2. The molecular weight excluding hydrogens is 288 g/mol. The fourth-order valence-electron chi connectivity index (χ4n) is 2.89. The number of amides is 1. The van der Waals surface area contributed by atoms with Crippen LogP contribution in [0.25, 0.3) is 6.08 Å². The highest BCUT2D eigenvalue weighted by Crippen LogP contribution is 2.23. The SMILES string of the molecule is Cc1cccc(N2CCN(C(=O)C=Cc3ccco3)CC2)c1C. The van der Waals surface area contributed by atoms with Gasteiger partial charge in [0.1, 0.15) is 5.76 Å². The van der Waals surface area contributed by atoms with E-state index in [1.165, 1.54) is 16.8 Å². The highest BCUT2D eigenvalue weighted by Gasteiger charge is 2.21. The summed E-state index contributed by atoms with van der Waals surface area (Å²) in [5.41, 5.74) is 3.91. The minimum atomic E-state index is 0.0435. The first kappa shape index (κ1) is 15.4. The van der Waals surface area contributed by atoms with E-state index in [1.807, 2.05) is 17.0 Å². The summed E-state index contributed by atoms with van der Waals surface area (Å²) in [7, 11) is 0. The van der Waals surface area contributed by atoms with Crippen LogP contribution in [-0.4, -0.2) is 37.0 Å². The van der Waals surface area contributed by atoms with Gasteiger partial charge in [0.25, 0.3) is 0 Å². The minimum Gasteiger partial charge on any atom is -0.465 e. The van der Waals surface area contributed by atoms with Gasteiger partial charge in [-0.15, -0.1) is 0 Å². The van der Waals surface area contributed by atoms with Crippen molar-refractivity contribution in [2.75, 3.05) is 31.1 Å². The molecule has 1 aromatic heterocycles. The van der Waals surface area contributed by atoms with Gasteiger partial charge in [0.05, 0.1) is 6.26 Å². The van der Waals surface area contributed by atoms with Crippen LogP contribution in [-0.2, 0) is 4.79 Å². The fourth-order valence-corrected chi connectivity index (χ4v) is 2.89. The van der Waals surface area contributed by atoms with Gasteiger partial charge in [0, 0.05) is 37.9 Å². The topological polar surface area (TPSA) is 36.7 Å². The molecule has 1 aromatic carbocycles. The van der Waals surface area contributed by atoms with Gasteiger partial charge in [-0.05, 0) is 49.2 Å². The average Bonchev–Trinajstić information content (AvgIpc) is 3.09. The van der Waals surface area contributed by atoms with Crippen molar-refractivity contribution in [1.82, 2.24) is 4.90 Å². The number of benzene rings is 1. The molecule has 1 fully saturated rings. The molecule has 0 N–H and O–H groups in total. The molecule has 2 aromatic rings. The Morgan fingerprint density at radius 3 is 2.57 bits per heavy atom. The molecule has 0 bridgehead atoms. The summed E-state index contributed by atoms with van der Waals surface area (Å²) in [6, 6.07) is 10.0. The molecule has 120 valence electrons. The molecule has 1 amide bonds. The van der Waals surface area contributed by atoms with Crippen molar-refractivity contribution >= 4 is 17.7 Å². The van der Waals surface area contributed by atoms with Crippen molar-refractivity contribution in [3.8, 4) is 0 Å². The summed E-state index contributed by atoms with van der Waals surface area (Å²) in [5, 5.41) is 0. The molecule has 0 saturated carbocycles. The normalized spacial score (nSPS) is 15.4. The van der Waals surface area contributed by atoms with E-state index in [2.05, 4.69) is 36.9 Å². The number of furan rings is 1. The van der Waals surface area contributed by atoms with E-state index in [0.29, 0.717) is 5.76 Å². The standard InChI is InChI=1S/C19H22N2O2/c1-15-5-3-7-18(16(15)2)20-10-12-21(13-11-20)19(22)9-8-17-6-4-14-23-17/h3-9,14H,10-13H2,1-2H3. The van der Waals surface area contributed by atoms with Gasteiger partial charge in [0.15, 0.2) is 0 Å². The maximum absolute atomic E-state index is 12.2. The van der Waals surface area contributed by atoms with Crippen LogP contribution in [0.4, 0.5) is 5.69 Å². The predicted octanol–water partition coefficient (Wildman–Crippen LogP) is 3.26. The lowest BCUT2D eigenvalue weighted by Gasteiger charge is -2.36. The fraction of sp³-hybridized carbons (Fsp3) is 0.316. The van der Waals surface area contributed by atoms with Crippen molar-refractivity contribution in [1.29, 1.82) is 0 Å². The third-order valence-corrected chi connectivity index (χ3v) is 4.44. The van der Waals surface area contributed by atoms with Crippen LogP contribution in [0.2, 0.25) is 0 Å². The van der Waals surface area contributed by atoms with Gasteiger partial charge in [0.2, 0.25) is 5.91 Å². The number of carbonyl (C=O) groups is 1. The molecule has 1 aliphatic heterocycles. The summed E-state index contributed by atoms with van der Waals surface area (Å²) in [5.74, 6) is 0.745. The molecule has 23 heavy (non-hydrogen) atoms. The van der Waals surface area contributed by atoms with Crippen LogP contribution in [0.3, 0.4) is 0 Å². The van der Waals surface area contributed by atoms with Crippen molar-refractivity contribution in [3.05, 3.63) is 59.6 Å². The number of piperazine rings is 1. The Hall–Kier alpha value is -2.49. The molecule has 0 spiro atoms. The summed E-state index contributed by atoms with van der Waals surface area (Å²) in [4.78, 5) is 16.5. The summed E-state index contributed by atoms with van der Waals surface area (Å²) in [6.07, 6.45) is 4.92. The highest BCUT2D eigenvalue weighted by molar-refractivity contribution is 5.91. The molecule has 1 saturated heterocycles. The number of carbonyl (C=O) groups excluding carboxylic acids is 1. The van der Waals surface area contributed by atoms with Gasteiger partial charge in [-0.25, -0.2) is 0 Å². The van der Waals surface area contributed by atoms with E-state index in [1.54, 1.807) is 18.4 Å². The highest BCUT2D eigenvalue weighted by atomic mass is 16.3. The lowest BCUT2D eigenvalue weighted by molar-refractivity contribution is -0.126. The first-order valence-corrected chi connectivity index (χ1v) is 7.97. The number of rotatable bonds is 3. The molecule has 3 rings (SSSR count). The molecule has 0 atom stereocenters. The smallest absolute Gasteiger partial charge is 0.246 e. The second kappa shape index (κ2) is 6.73. The monoisotopic (exact) mass is 310 g/mol. The molecule has 0 aliphatic carbocycles. The van der Waals surface area contributed by atoms with Crippen LogP contribution >= 0.6 is 0 Å². The van der Waals surface area contributed by atoms with E-state index in [9.17, 15) is 4.79 Å².